The number of carboxylic acid groups (broad SMARTS) is 1. The summed E-state index contributed by atoms with van der Waals surface area (Å²) in [4.78, 5) is 15.6. The summed E-state index contributed by atoms with van der Waals surface area (Å²) < 4.78 is 1.55. The Balaban J connectivity index is 2.22. The number of rotatable bonds is 3. The van der Waals surface area contributed by atoms with Crippen molar-refractivity contribution in [3.8, 4) is 10.6 Å². The Morgan fingerprint density at radius 2 is 2.50 bits per heavy atom. The summed E-state index contributed by atoms with van der Waals surface area (Å²) in [6, 6.07) is 3.90. The van der Waals surface area contributed by atoms with E-state index in [9.17, 15) is 4.79 Å². The first-order chi connectivity index (χ1) is 6.75. The molecule has 1 N–H and O–H groups in total. The van der Waals surface area contributed by atoms with Crippen LogP contribution in [0.15, 0.2) is 30.0 Å². The first kappa shape index (κ1) is 8.96. The molecule has 5 heteroatoms. The monoisotopic (exact) mass is 208 g/mol. The molecule has 0 atom stereocenters. The summed E-state index contributed by atoms with van der Waals surface area (Å²) in [5.41, 5.74) is 0.821. The number of thiophene rings is 1. The molecule has 0 aliphatic rings. The van der Waals surface area contributed by atoms with E-state index in [-0.39, 0.29) is 6.54 Å². The zero-order chi connectivity index (χ0) is 9.97. The highest BCUT2D eigenvalue weighted by molar-refractivity contribution is 7.13. The molecule has 0 amide bonds. The summed E-state index contributed by atoms with van der Waals surface area (Å²) in [5.74, 6) is -0.861. The third kappa shape index (κ3) is 1.82. The molecule has 0 aliphatic carbocycles. The van der Waals surface area contributed by atoms with E-state index in [1.54, 1.807) is 22.1 Å². The average molecular weight is 208 g/mol. The van der Waals surface area contributed by atoms with Crippen molar-refractivity contribution < 1.29 is 9.90 Å². The highest BCUT2D eigenvalue weighted by Crippen LogP contribution is 2.22. The number of carboxylic acids is 1. The zero-order valence-corrected chi connectivity index (χ0v) is 8.07. The van der Waals surface area contributed by atoms with Gasteiger partial charge in [0.2, 0.25) is 0 Å². The van der Waals surface area contributed by atoms with Crippen molar-refractivity contribution in [1.29, 1.82) is 0 Å². The maximum atomic E-state index is 10.4. The minimum absolute atomic E-state index is 0.0433. The number of hydrogen-bond donors (Lipinski definition) is 1. The van der Waals surface area contributed by atoms with Crippen LogP contribution in [0.5, 0.6) is 0 Å². The summed E-state index contributed by atoms with van der Waals surface area (Å²) in [6.07, 6.45) is 3.27. The van der Waals surface area contributed by atoms with Crippen LogP contribution < -0.4 is 0 Å². The molecule has 2 heterocycles. The molecule has 2 aromatic rings. The molecule has 2 rings (SSSR count). The number of hydrogen-bond acceptors (Lipinski definition) is 3. The average Bonchev–Trinajstić information content (AvgIpc) is 2.69. The molecule has 2 aromatic heterocycles. The van der Waals surface area contributed by atoms with Crippen molar-refractivity contribution in [3.05, 3.63) is 30.0 Å². The predicted octanol–water partition coefficient (Wildman–Crippen LogP) is 1.70. The molecule has 72 valence electrons. The minimum atomic E-state index is -0.861. The molecule has 4 nitrogen and oxygen atoms in total. The first-order valence-corrected chi connectivity index (χ1v) is 4.91. The van der Waals surface area contributed by atoms with Gasteiger partial charge in [-0.25, -0.2) is 4.98 Å². The lowest BCUT2D eigenvalue weighted by molar-refractivity contribution is -0.137. The van der Waals surface area contributed by atoms with Crippen LogP contribution in [0.1, 0.15) is 0 Å². The molecule has 0 saturated carbocycles. The van der Waals surface area contributed by atoms with E-state index < -0.39 is 5.97 Å². The van der Waals surface area contributed by atoms with E-state index in [2.05, 4.69) is 4.98 Å². The molecule has 0 aliphatic heterocycles. The van der Waals surface area contributed by atoms with Crippen LogP contribution in [-0.4, -0.2) is 20.6 Å². The normalized spacial score (nSPS) is 10.3. The third-order valence-electron chi connectivity index (χ3n) is 1.72. The van der Waals surface area contributed by atoms with Gasteiger partial charge >= 0.3 is 5.97 Å². The van der Waals surface area contributed by atoms with Gasteiger partial charge in [0.05, 0.1) is 16.9 Å². The largest absolute Gasteiger partial charge is 0.480 e. The topological polar surface area (TPSA) is 55.1 Å². The van der Waals surface area contributed by atoms with E-state index in [0.717, 1.165) is 10.6 Å². The molecule has 0 unspecified atom stereocenters. The van der Waals surface area contributed by atoms with Crippen LogP contribution in [-0.2, 0) is 11.3 Å². The van der Waals surface area contributed by atoms with E-state index >= 15 is 0 Å². The molecular formula is C9H8N2O2S. The fourth-order valence-corrected chi connectivity index (χ4v) is 1.84. The highest BCUT2D eigenvalue weighted by atomic mass is 32.1. The smallest absolute Gasteiger partial charge is 0.323 e. The van der Waals surface area contributed by atoms with Gasteiger partial charge in [0, 0.05) is 6.20 Å². The third-order valence-corrected chi connectivity index (χ3v) is 2.62. The maximum absolute atomic E-state index is 10.4. The zero-order valence-electron chi connectivity index (χ0n) is 7.25. The Bertz CT molecular complexity index is 433. The lowest BCUT2D eigenvalue weighted by Crippen LogP contribution is -2.06. The van der Waals surface area contributed by atoms with Gasteiger partial charge in [-0.15, -0.1) is 11.3 Å². The molecule has 0 aromatic carbocycles. The molecule has 0 radical (unpaired) electrons. The molecular weight excluding hydrogens is 200 g/mol. The molecule has 14 heavy (non-hydrogen) atoms. The SMILES string of the molecule is O=C(O)Cn1cnc(-c2cccs2)c1. The van der Waals surface area contributed by atoms with E-state index in [1.165, 1.54) is 6.33 Å². The van der Waals surface area contributed by atoms with Gasteiger partial charge in [-0.05, 0) is 11.4 Å². The van der Waals surface area contributed by atoms with Crippen molar-refractivity contribution in [2.45, 2.75) is 6.54 Å². The molecule has 0 spiro atoms. The van der Waals surface area contributed by atoms with Gasteiger partial charge in [-0.3, -0.25) is 4.79 Å². The van der Waals surface area contributed by atoms with E-state index in [4.69, 9.17) is 5.11 Å². The fraction of sp³-hybridized carbons (Fsp3) is 0.111. The number of nitrogens with zero attached hydrogens (tertiary/aromatic N) is 2. The predicted molar refractivity (Wildman–Crippen MR) is 53.2 cm³/mol. The van der Waals surface area contributed by atoms with Crippen molar-refractivity contribution >= 4 is 17.3 Å². The Morgan fingerprint density at radius 3 is 3.14 bits per heavy atom. The second-order valence-corrected chi connectivity index (χ2v) is 3.75. The highest BCUT2D eigenvalue weighted by Gasteiger charge is 2.04. The van der Waals surface area contributed by atoms with Crippen LogP contribution >= 0.6 is 11.3 Å². The van der Waals surface area contributed by atoms with E-state index in [1.807, 2.05) is 17.5 Å². The van der Waals surface area contributed by atoms with Crippen LogP contribution in [0.25, 0.3) is 10.6 Å². The minimum Gasteiger partial charge on any atom is -0.480 e. The Hall–Kier alpha value is -1.62. The summed E-state index contributed by atoms with van der Waals surface area (Å²) in [6.45, 7) is -0.0433. The van der Waals surface area contributed by atoms with Crippen LogP contribution in [0.3, 0.4) is 0 Å². The maximum Gasteiger partial charge on any atom is 0.323 e. The van der Waals surface area contributed by atoms with Gasteiger partial charge < -0.3 is 9.67 Å². The second-order valence-electron chi connectivity index (χ2n) is 2.80. The van der Waals surface area contributed by atoms with Gasteiger partial charge in [0.15, 0.2) is 0 Å². The van der Waals surface area contributed by atoms with Gasteiger partial charge in [0.25, 0.3) is 0 Å². The van der Waals surface area contributed by atoms with Crippen LogP contribution in [0.4, 0.5) is 0 Å². The second kappa shape index (κ2) is 3.63. The van der Waals surface area contributed by atoms with Crippen LogP contribution in [0.2, 0.25) is 0 Å². The van der Waals surface area contributed by atoms with Crippen LogP contribution in [0, 0.1) is 0 Å². The summed E-state index contributed by atoms with van der Waals surface area (Å²) in [7, 11) is 0. The Labute approximate surface area is 84.5 Å². The van der Waals surface area contributed by atoms with E-state index in [0.29, 0.717) is 0 Å². The first-order valence-electron chi connectivity index (χ1n) is 4.03. The lowest BCUT2D eigenvalue weighted by atomic mass is 10.4. The van der Waals surface area contributed by atoms with Gasteiger partial charge in [-0.2, -0.15) is 0 Å². The Kier molecular flexibility index (Phi) is 2.32. The van der Waals surface area contributed by atoms with Crippen molar-refractivity contribution in [1.82, 2.24) is 9.55 Å². The lowest BCUT2D eigenvalue weighted by Gasteiger charge is -1.93. The van der Waals surface area contributed by atoms with Gasteiger partial charge in [-0.1, -0.05) is 6.07 Å². The number of carbonyl (C=O) groups is 1. The van der Waals surface area contributed by atoms with Crippen molar-refractivity contribution in [2.75, 3.05) is 0 Å². The quantitative estimate of drug-likeness (QED) is 0.835. The molecule has 0 fully saturated rings. The standard InChI is InChI=1S/C9H8N2O2S/c12-9(13)5-11-4-7(10-6-11)8-2-1-3-14-8/h1-4,6H,5H2,(H,12,13). The fourth-order valence-electron chi connectivity index (χ4n) is 1.15. The van der Waals surface area contributed by atoms with Crippen molar-refractivity contribution in [2.24, 2.45) is 0 Å². The van der Waals surface area contributed by atoms with Crippen molar-refractivity contribution in [3.63, 3.8) is 0 Å². The summed E-state index contributed by atoms with van der Waals surface area (Å²) in [5, 5.41) is 10.5. The molecule has 0 bridgehead atoms. The molecule has 0 saturated heterocycles. The number of aromatic nitrogens is 2. The summed E-state index contributed by atoms with van der Waals surface area (Å²) >= 11 is 1.58. The Morgan fingerprint density at radius 1 is 1.64 bits per heavy atom. The number of aliphatic carboxylic acids is 1. The number of imidazole rings is 1. The van der Waals surface area contributed by atoms with Gasteiger partial charge in [0.1, 0.15) is 6.54 Å².